The molecular weight excluding hydrogens is 476 g/mol. The van der Waals surface area contributed by atoms with Crippen LogP contribution < -0.4 is 4.57 Å². The molecule has 1 aliphatic heterocycles. The third kappa shape index (κ3) is 5.01. The molecule has 182 valence electrons. The summed E-state index contributed by atoms with van der Waals surface area (Å²) in [5, 5.41) is 0.595. The number of hydroxylamine groups is 2. The zero-order valence-electron chi connectivity index (χ0n) is 19.8. The Bertz CT molecular complexity index is 1410. The summed E-state index contributed by atoms with van der Waals surface area (Å²) in [7, 11) is 0. The summed E-state index contributed by atoms with van der Waals surface area (Å²) < 4.78 is 11.2. The Hall–Kier alpha value is -3.98. The molecular formula is C27H25N4O4S+. The van der Waals surface area contributed by atoms with Crippen LogP contribution in [0.5, 0.6) is 0 Å². The van der Waals surface area contributed by atoms with E-state index in [1.54, 1.807) is 0 Å². The average molecular weight is 502 g/mol. The van der Waals surface area contributed by atoms with Crippen molar-refractivity contribution in [2.45, 2.75) is 45.6 Å². The highest BCUT2D eigenvalue weighted by atomic mass is 32.1. The summed E-state index contributed by atoms with van der Waals surface area (Å²) >= 11 is 1.22. The molecule has 0 saturated carbocycles. The van der Waals surface area contributed by atoms with Crippen molar-refractivity contribution in [3.8, 4) is 22.3 Å². The van der Waals surface area contributed by atoms with Gasteiger partial charge in [-0.25, -0.2) is 9.36 Å². The molecule has 3 heterocycles. The molecule has 5 rings (SSSR count). The molecule has 0 atom stereocenters. The number of carbonyl (C=O) groups is 3. The van der Waals surface area contributed by atoms with Gasteiger partial charge in [-0.2, -0.15) is 8.75 Å². The highest BCUT2D eigenvalue weighted by Crippen LogP contribution is 2.34. The predicted octanol–water partition coefficient (Wildman–Crippen LogP) is 4.40. The molecule has 0 aliphatic carbocycles. The van der Waals surface area contributed by atoms with Crippen molar-refractivity contribution >= 4 is 40.5 Å². The standard InChI is InChI=1S/C27H25N4O4S/c1-18-5-7-19(8-6-18)21-9-10-22(27-26(21)28-36-29-27)20-13-16-30(17-14-20)15-3-2-4-25(34)35-31-23(32)11-12-24(31)33/h5-10,13-14,16-17H,2-4,11-12,15H2,1H3/q+1. The topological polar surface area (TPSA) is 93.3 Å². The van der Waals surface area contributed by atoms with Crippen LogP contribution in [0.4, 0.5) is 0 Å². The second-order valence-corrected chi connectivity index (χ2v) is 9.34. The number of unbranched alkanes of at least 4 members (excludes halogenated alkanes) is 1. The summed E-state index contributed by atoms with van der Waals surface area (Å²) in [6.07, 6.45) is 5.71. The number of hydrogen-bond donors (Lipinski definition) is 0. The number of amides is 2. The molecule has 1 fully saturated rings. The van der Waals surface area contributed by atoms with E-state index in [9.17, 15) is 14.4 Å². The van der Waals surface area contributed by atoms with Crippen molar-refractivity contribution in [3.05, 3.63) is 66.5 Å². The number of fused-ring (bicyclic) bond motifs is 1. The number of aromatic nitrogens is 3. The number of imide groups is 1. The maximum Gasteiger partial charge on any atom is 0.333 e. The lowest BCUT2D eigenvalue weighted by atomic mass is 9.98. The van der Waals surface area contributed by atoms with Gasteiger partial charge in [0.15, 0.2) is 12.4 Å². The Morgan fingerprint density at radius 1 is 0.889 bits per heavy atom. The van der Waals surface area contributed by atoms with Crippen LogP contribution in [0.3, 0.4) is 0 Å². The molecule has 8 nitrogen and oxygen atoms in total. The average Bonchev–Trinajstić information content (AvgIpc) is 3.50. The quantitative estimate of drug-likeness (QED) is 0.202. The van der Waals surface area contributed by atoms with Gasteiger partial charge in [0.1, 0.15) is 17.6 Å². The number of pyridine rings is 1. The summed E-state index contributed by atoms with van der Waals surface area (Å²) in [5.74, 6) is -1.48. The van der Waals surface area contributed by atoms with Gasteiger partial charge in [-0.1, -0.05) is 42.0 Å². The Balaban J connectivity index is 1.20. The third-order valence-electron chi connectivity index (χ3n) is 6.23. The first-order valence-electron chi connectivity index (χ1n) is 11.9. The second kappa shape index (κ2) is 10.3. The van der Waals surface area contributed by atoms with Crippen molar-refractivity contribution < 1.29 is 23.8 Å². The SMILES string of the molecule is Cc1ccc(-c2ccc(-c3cc[n+](CCCCC(=O)ON4C(=O)CCC4=O)cc3)c3nsnc23)cc1. The Kier molecular flexibility index (Phi) is 6.81. The van der Waals surface area contributed by atoms with Crippen LogP contribution in [0.25, 0.3) is 33.3 Å². The molecule has 0 radical (unpaired) electrons. The van der Waals surface area contributed by atoms with Crippen LogP contribution in [-0.4, -0.2) is 31.6 Å². The van der Waals surface area contributed by atoms with Gasteiger partial charge in [-0.05, 0) is 24.5 Å². The Morgan fingerprint density at radius 2 is 1.47 bits per heavy atom. The zero-order chi connectivity index (χ0) is 25.1. The minimum atomic E-state index is -0.561. The lowest BCUT2D eigenvalue weighted by Crippen LogP contribution is -2.33. The van der Waals surface area contributed by atoms with Crippen molar-refractivity contribution in [1.29, 1.82) is 0 Å². The monoisotopic (exact) mass is 501 g/mol. The normalized spacial score (nSPS) is 13.5. The van der Waals surface area contributed by atoms with Crippen LogP contribution in [-0.2, 0) is 25.8 Å². The molecule has 0 spiro atoms. The summed E-state index contributed by atoms with van der Waals surface area (Å²) in [6, 6.07) is 16.7. The smallest absolute Gasteiger partial charge is 0.330 e. The van der Waals surface area contributed by atoms with Crippen molar-refractivity contribution in [1.82, 2.24) is 13.8 Å². The first-order chi connectivity index (χ1) is 17.5. The minimum absolute atomic E-state index is 0.0974. The van der Waals surface area contributed by atoms with Crippen LogP contribution in [0, 0.1) is 6.92 Å². The van der Waals surface area contributed by atoms with Gasteiger partial charge in [-0.3, -0.25) is 9.59 Å². The maximum atomic E-state index is 11.9. The van der Waals surface area contributed by atoms with Crippen LogP contribution in [0.2, 0.25) is 0 Å². The largest absolute Gasteiger partial charge is 0.333 e. The second-order valence-electron chi connectivity index (χ2n) is 8.82. The van der Waals surface area contributed by atoms with Gasteiger partial charge in [0.25, 0.3) is 11.8 Å². The van der Waals surface area contributed by atoms with Crippen molar-refractivity contribution in [2.75, 3.05) is 0 Å². The van der Waals surface area contributed by atoms with E-state index in [0.717, 1.165) is 46.3 Å². The predicted molar refractivity (Wildman–Crippen MR) is 134 cm³/mol. The van der Waals surface area contributed by atoms with E-state index < -0.39 is 17.8 Å². The number of carbonyl (C=O) groups excluding carboxylic acids is 3. The fourth-order valence-corrected chi connectivity index (χ4v) is 4.79. The summed E-state index contributed by atoms with van der Waals surface area (Å²) in [5.41, 5.74) is 7.31. The van der Waals surface area contributed by atoms with Crippen LogP contribution in [0.1, 0.15) is 37.7 Å². The molecule has 1 saturated heterocycles. The van der Waals surface area contributed by atoms with E-state index >= 15 is 0 Å². The number of nitrogens with zero attached hydrogens (tertiary/aromatic N) is 4. The van der Waals surface area contributed by atoms with E-state index in [4.69, 9.17) is 4.84 Å². The lowest BCUT2D eigenvalue weighted by Gasteiger charge is -2.12. The Morgan fingerprint density at radius 3 is 2.08 bits per heavy atom. The number of rotatable bonds is 8. The maximum absolute atomic E-state index is 11.9. The van der Waals surface area contributed by atoms with E-state index in [2.05, 4.69) is 68.8 Å². The van der Waals surface area contributed by atoms with Crippen molar-refractivity contribution in [2.24, 2.45) is 0 Å². The molecule has 0 N–H and O–H groups in total. The Labute approximate surface area is 212 Å². The number of aryl methyl sites for hydroxylation is 2. The molecule has 2 aromatic heterocycles. The molecule has 1 aliphatic rings. The van der Waals surface area contributed by atoms with E-state index in [0.29, 0.717) is 11.5 Å². The molecule has 36 heavy (non-hydrogen) atoms. The minimum Gasteiger partial charge on any atom is -0.330 e. The fourth-order valence-electron chi connectivity index (χ4n) is 4.22. The molecule has 9 heteroatoms. The molecule has 0 unspecified atom stereocenters. The van der Waals surface area contributed by atoms with Gasteiger partial charge in [-0.15, -0.1) is 5.06 Å². The highest BCUT2D eigenvalue weighted by Gasteiger charge is 2.32. The van der Waals surface area contributed by atoms with Gasteiger partial charge in [0.2, 0.25) is 0 Å². The van der Waals surface area contributed by atoms with E-state index in [-0.39, 0.29) is 19.3 Å². The molecule has 0 bridgehead atoms. The highest BCUT2D eigenvalue weighted by molar-refractivity contribution is 7.00. The van der Waals surface area contributed by atoms with Crippen molar-refractivity contribution in [3.63, 3.8) is 0 Å². The van der Waals surface area contributed by atoms with E-state index in [1.807, 2.05) is 12.4 Å². The first kappa shape index (κ1) is 23.7. The summed E-state index contributed by atoms with van der Waals surface area (Å²) in [6.45, 7) is 2.81. The molecule has 2 aromatic carbocycles. The van der Waals surface area contributed by atoms with Gasteiger partial charge < -0.3 is 4.84 Å². The third-order valence-corrected chi connectivity index (χ3v) is 6.75. The molecule has 2 amide bonds. The molecule has 4 aromatic rings. The zero-order valence-corrected chi connectivity index (χ0v) is 20.7. The lowest BCUT2D eigenvalue weighted by molar-refractivity contribution is -0.697. The number of hydrogen-bond acceptors (Lipinski definition) is 7. The van der Waals surface area contributed by atoms with Gasteiger partial charge in [0, 0.05) is 48.9 Å². The number of benzene rings is 2. The van der Waals surface area contributed by atoms with Gasteiger partial charge >= 0.3 is 5.97 Å². The first-order valence-corrected chi connectivity index (χ1v) is 12.6. The fraction of sp³-hybridized carbons (Fsp3) is 0.259. The van der Waals surface area contributed by atoms with Gasteiger partial charge in [0.05, 0.1) is 11.7 Å². The van der Waals surface area contributed by atoms with Crippen LogP contribution in [0.15, 0.2) is 60.9 Å². The van der Waals surface area contributed by atoms with Crippen LogP contribution >= 0.6 is 11.7 Å². The summed E-state index contributed by atoms with van der Waals surface area (Å²) in [4.78, 5) is 39.9. The van der Waals surface area contributed by atoms with E-state index in [1.165, 1.54) is 17.3 Å².